The topological polar surface area (TPSA) is 66.0 Å². The molecule has 1 heterocycles. The molecule has 3 aromatic carbocycles. The summed E-state index contributed by atoms with van der Waals surface area (Å²) in [4.78, 5) is 18.3. The number of halogens is 1. The van der Waals surface area contributed by atoms with Gasteiger partial charge in [0.15, 0.2) is 5.11 Å². The van der Waals surface area contributed by atoms with Crippen LogP contribution >= 0.6 is 35.6 Å². The van der Waals surface area contributed by atoms with Gasteiger partial charge in [-0.15, -0.1) is 11.8 Å². The van der Waals surface area contributed by atoms with Crippen LogP contribution in [0.25, 0.3) is 0 Å². The fraction of sp³-hybridized carbons (Fsp3) is 0.0385. The number of anilines is 3. The van der Waals surface area contributed by atoms with Gasteiger partial charge >= 0.3 is 0 Å². The summed E-state index contributed by atoms with van der Waals surface area (Å²) in [5, 5.41) is 9.76. The van der Waals surface area contributed by atoms with Gasteiger partial charge in [-0.3, -0.25) is 4.79 Å². The number of hydrogen-bond acceptors (Lipinski definition) is 4. The van der Waals surface area contributed by atoms with E-state index in [0.717, 1.165) is 21.8 Å². The maximum Gasteiger partial charge on any atom is 0.243 e. The lowest BCUT2D eigenvalue weighted by Crippen LogP contribution is -2.20. The summed E-state index contributed by atoms with van der Waals surface area (Å²) in [6.07, 6.45) is 1.50. The minimum atomic E-state index is -0.483. The highest BCUT2D eigenvalue weighted by Crippen LogP contribution is 2.37. The Bertz CT molecular complexity index is 1250. The van der Waals surface area contributed by atoms with E-state index in [1.54, 1.807) is 12.1 Å². The van der Waals surface area contributed by atoms with E-state index < -0.39 is 5.25 Å². The number of thiocarbonyl (C=S) groups is 1. The van der Waals surface area contributed by atoms with E-state index in [0.29, 0.717) is 16.0 Å². The van der Waals surface area contributed by atoms with E-state index in [2.05, 4.69) is 20.9 Å². The van der Waals surface area contributed by atoms with Crippen molar-refractivity contribution in [2.75, 3.05) is 16.0 Å². The van der Waals surface area contributed by atoms with Gasteiger partial charge in [-0.05, 0) is 60.2 Å². The van der Waals surface area contributed by atoms with Crippen LogP contribution < -0.4 is 16.0 Å². The van der Waals surface area contributed by atoms with Crippen LogP contribution in [0.3, 0.4) is 0 Å². The molecule has 1 atom stereocenters. The summed E-state index contributed by atoms with van der Waals surface area (Å²) in [5.41, 5.74) is 2.62. The number of nitrogens with one attached hydrogen (secondary N) is 3. The van der Waals surface area contributed by atoms with E-state index in [1.165, 1.54) is 18.0 Å². The molecule has 170 valence electrons. The third-order valence-corrected chi connectivity index (χ3v) is 6.37. The van der Waals surface area contributed by atoms with Crippen LogP contribution in [0.1, 0.15) is 10.8 Å². The third-order valence-electron chi connectivity index (χ3n) is 4.70. The first kappa shape index (κ1) is 23.8. The molecule has 1 amide bonds. The molecule has 8 heteroatoms. The summed E-state index contributed by atoms with van der Waals surface area (Å²) < 4.78 is 0. The normalized spacial score (nSPS) is 11.3. The number of benzene rings is 3. The number of carbonyl (C=O) groups excluding carboxylic acids is 1. The van der Waals surface area contributed by atoms with Gasteiger partial charge in [0.2, 0.25) is 5.91 Å². The van der Waals surface area contributed by atoms with Crippen molar-refractivity contribution < 1.29 is 4.79 Å². The Hall–Kier alpha value is -3.39. The molecule has 0 saturated carbocycles. The average molecular weight is 505 g/mol. The predicted octanol–water partition coefficient (Wildman–Crippen LogP) is 7.02. The zero-order chi connectivity index (χ0) is 23.8. The van der Waals surface area contributed by atoms with Crippen molar-refractivity contribution in [2.24, 2.45) is 0 Å². The van der Waals surface area contributed by atoms with Crippen LogP contribution in [-0.4, -0.2) is 16.0 Å². The second kappa shape index (κ2) is 11.7. The van der Waals surface area contributed by atoms with Crippen LogP contribution in [0.15, 0.2) is 108 Å². The van der Waals surface area contributed by atoms with Gasteiger partial charge in [0.1, 0.15) is 11.1 Å². The number of rotatable bonds is 7. The highest BCUT2D eigenvalue weighted by atomic mass is 35.5. The Labute approximate surface area is 213 Å². The molecule has 3 N–H and O–H groups in total. The lowest BCUT2D eigenvalue weighted by atomic mass is 10.1. The van der Waals surface area contributed by atoms with Gasteiger partial charge in [0.05, 0.1) is 5.02 Å². The summed E-state index contributed by atoms with van der Waals surface area (Å²) in [6, 6.07) is 30.5. The minimum Gasteiger partial charge on any atom is -0.332 e. The maximum absolute atomic E-state index is 13.2. The predicted molar refractivity (Wildman–Crippen MR) is 146 cm³/mol. The fourth-order valence-corrected chi connectivity index (χ4v) is 4.57. The molecule has 0 aliphatic heterocycles. The Balaban J connectivity index is 1.49. The number of aromatic nitrogens is 1. The number of para-hydroxylation sites is 1. The van der Waals surface area contributed by atoms with Crippen molar-refractivity contribution in [3.63, 3.8) is 0 Å². The number of thioether (sulfide) groups is 1. The summed E-state index contributed by atoms with van der Waals surface area (Å²) in [5.74, 6) is 0.273. The van der Waals surface area contributed by atoms with E-state index in [1.807, 2.05) is 84.9 Å². The van der Waals surface area contributed by atoms with Gasteiger partial charge in [-0.25, -0.2) is 4.98 Å². The van der Waals surface area contributed by atoms with Crippen LogP contribution in [0.4, 0.5) is 17.2 Å². The fourth-order valence-electron chi connectivity index (χ4n) is 3.14. The van der Waals surface area contributed by atoms with Crippen molar-refractivity contribution in [1.29, 1.82) is 0 Å². The highest BCUT2D eigenvalue weighted by Gasteiger charge is 2.22. The summed E-state index contributed by atoms with van der Waals surface area (Å²) in [6.45, 7) is 0. The molecule has 0 spiro atoms. The highest BCUT2D eigenvalue weighted by molar-refractivity contribution is 8.00. The molecular formula is C26H21ClN4OS2. The molecule has 0 aliphatic rings. The Morgan fingerprint density at radius 3 is 2.21 bits per heavy atom. The largest absolute Gasteiger partial charge is 0.332 e. The molecule has 0 bridgehead atoms. The molecule has 0 saturated heterocycles. The zero-order valence-electron chi connectivity index (χ0n) is 17.9. The smallest absolute Gasteiger partial charge is 0.243 e. The molecule has 0 aliphatic carbocycles. The van der Waals surface area contributed by atoms with Crippen molar-refractivity contribution in [2.45, 2.75) is 10.1 Å². The van der Waals surface area contributed by atoms with Crippen molar-refractivity contribution in [3.05, 3.63) is 114 Å². The van der Waals surface area contributed by atoms with E-state index in [4.69, 9.17) is 23.8 Å². The first-order valence-electron chi connectivity index (χ1n) is 10.4. The SMILES string of the molecule is O=C(Nc1ccc(Cl)cn1)C(Sc1cccc(NC(=S)Nc2ccccc2)c1)c1ccccc1. The molecule has 4 rings (SSSR count). The van der Waals surface area contributed by atoms with E-state index in [9.17, 15) is 4.79 Å². The van der Waals surface area contributed by atoms with E-state index >= 15 is 0 Å². The summed E-state index contributed by atoms with van der Waals surface area (Å²) >= 11 is 12.8. The molecule has 0 radical (unpaired) electrons. The number of carbonyl (C=O) groups is 1. The lowest BCUT2D eigenvalue weighted by Gasteiger charge is -2.18. The first-order valence-corrected chi connectivity index (χ1v) is 12.1. The molecule has 4 aromatic rings. The van der Waals surface area contributed by atoms with Gasteiger partial charge in [0, 0.05) is 22.5 Å². The van der Waals surface area contributed by atoms with Crippen molar-refractivity contribution in [1.82, 2.24) is 4.98 Å². The second-order valence-electron chi connectivity index (χ2n) is 7.23. The van der Waals surface area contributed by atoms with Crippen molar-refractivity contribution in [3.8, 4) is 0 Å². The van der Waals surface area contributed by atoms with Crippen LogP contribution in [0.2, 0.25) is 5.02 Å². The second-order valence-corrected chi connectivity index (χ2v) is 9.26. The molecule has 1 unspecified atom stereocenters. The van der Waals surface area contributed by atoms with Crippen LogP contribution in [-0.2, 0) is 4.79 Å². The standard InChI is InChI=1S/C26H21ClN4OS2/c27-19-14-15-23(28-17-19)31-25(32)24(18-8-3-1-4-9-18)34-22-13-7-12-21(16-22)30-26(33)29-20-10-5-2-6-11-20/h1-17,24H,(H,28,31,32)(H2,29,30,33). The molecular weight excluding hydrogens is 484 g/mol. The Kier molecular flexibility index (Phi) is 8.14. The van der Waals surface area contributed by atoms with Crippen molar-refractivity contribution >= 4 is 63.8 Å². The van der Waals surface area contributed by atoms with Crippen LogP contribution in [0, 0.1) is 0 Å². The molecule has 5 nitrogen and oxygen atoms in total. The van der Waals surface area contributed by atoms with Gasteiger partial charge in [-0.1, -0.05) is 66.2 Å². The average Bonchev–Trinajstić information content (AvgIpc) is 2.85. The van der Waals surface area contributed by atoms with Crippen LogP contribution in [0.5, 0.6) is 0 Å². The quantitative estimate of drug-likeness (QED) is 0.186. The lowest BCUT2D eigenvalue weighted by molar-refractivity contribution is -0.115. The first-order chi connectivity index (χ1) is 16.6. The Morgan fingerprint density at radius 2 is 1.50 bits per heavy atom. The molecule has 1 aromatic heterocycles. The Morgan fingerprint density at radius 1 is 0.824 bits per heavy atom. The number of amides is 1. The number of hydrogen-bond donors (Lipinski definition) is 3. The molecule has 34 heavy (non-hydrogen) atoms. The monoisotopic (exact) mass is 504 g/mol. The van der Waals surface area contributed by atoms with Gasteiger partial charge in [-0.2, -0.15) is 0 Å². The van der Waals surface area contributed by atoms with Gasteiger partial charge in [0.25, 0.3) is 0 Å². The summed E-state index contributed by atoms with van der Waals surface area (Å²) in [7, 11) is 0. The maximum atomic E-state index is 13.2. The number of pyridine rings is 1. The minimum absolute atomic E-state index is 0.175. The zero-order valence-corrected chi connectivity index (χ0v) is 20.3. The molecule has 0 fully saturated rings. The third kappa shape index (κ3) is 6.81. The van der Waals surface area contributed by atoms with Gasteiger partial charge < -0.3 is 16.0 Å². The van der Waals surface area contributed by atoms with E-state index in [-0.39, 0.29) is 5.91 Å². The number of nitrogens with zero attached hydrogens (tertiary/aromatic N) is 1.